The second-order valence-electron chi connectivity index (χ2n) is 3.01. The summed E-state index contributed by atoms with van der Waals surface area (Å²) in [6.07, 6.45) is 0.0810. The number of nitriles is 1. The lowest BCUT2D eigenvalue weighted by Crippen LogP contribution is -2.11. The lowest BCUT2D eigenvalue weighted by Gasteiger charge is -1.99. The summed E-state index contributed by atoms with van der Waals surface area (Å²) in [6.45, 7) is 0. The van der Waals surface area contributed by atoms with Crippen LogP contribution in [0.15, 0.2) is 23.0 Å². The molecule has 0 fully saturated rings. The van der Waals surface area contributed by atoms with Crippen LogP contribution in [0.3, 0.4) is 0 Å². The molecule has 0 atom stereocenters. The van der Waals surface area contributed by atoms with Crippen molar-refractivity contribution < 1.29 is 0 Å². The molecule has 1 heterocycles. The first-order valence-electron chi connectivity index (χ1n) is 4.26. The van der Waals surface area contributed by atoms with E-state index in [0.717, 1.165) is 0 Å². The molecular weight excluding hydrogens is 214 g/mol. The molecule has 0 saturated carbocycles. The number of rotatable bonds is 1. The van der Waals surface area contributed by atoms with E-state index < -0.39 is 0 Å². The monoisotopic (exact) mass is 219 g/mol. The topological polar surface area (TPSA) is 69.5 Å². The SMILES string of the molecule is N#CCc1nc2cc(Cl)ccc2c(=O)[nH]1. The standard InChI is InChI=1S/C10H6ClN3O/c11-6-1-2-7-8(5-6)13-9(3-4-12)14-10(7)15/h1-2,5H,3H2,(H,13,14,15). The maximum atomic E-state index is 11.5. The molecule has 2 rings (SSSR count). The third kappa shape index (κ3) is 1.83. The molecular formula is C10H6ClN3O. The van der Waals surface area contributed by atoms with Crippen molar-refractivity contribution in [2.45, 2.75) is 6.42 Å². The third-order valence-corrected chi connectivity index (χ3v) is 2.20. The lowest BCUT2D eigenvalue weighted by atomic mass is 10.2. The zero-order valence-corrected chi connectivity index (χ0v) is 8.38. The number of hydrogen-bond acceptors (Lipinski definition) is 3. The van der Waals surface area contributed by atoms with Gasteiger partial charge in [-0.25, -0.2) is 4.98 Å². The summed E-state index contributed by atoms with van der Waals surface area (Å²) in [7, 11) is 0. The number of halogens is 1. The van der Waals surface area contributed by atoms with Crippen molar-refractivity contribution in [3.63, 3.8) is 0 Å². The summed E-state index contributed by atoms with van der Waals surface area (Å²) in [5.41, 5.74) is 0.262. The van der Waals surface area contributed by atoms with Gasteiger partial charge in [0.1, 0.15) is 5.82 Å². The molecule has 2 aromatic rings. The minimum Gasteiger partial charge on any atom is -0.309 e. The van der Waals surface area contributed by atoms with E-state index in [9.17, 15) is 4.79 Å². The summed E-state index contributed by atoms with van der Waals surface area (Å²) in [5.74, 6) is 0.359. The highest BCUT2D eigenvalue weighted by Gasteiger charge is 2.03. The molecule has 0 saturated heterocycles. The van der Waals surface area contributed by atoms with Crippen LogP contribution in [0.25, 0.3) is 10.9 Å². The number of H-pyrrole nitrogens is 1. The normalized spacial score (nSPS) is 10.1. The minimum absolute atomic E-state index is 0.0810. The van der Waals surface area contributed by atoms with Crippen molar-refractivity contribution in [1.29, 1.82) is 5.26 Å². The van der Waals surface area contributed by atoms with Crippen molar-refractivity contribution in [3.05, 3.63) is 39.4 Å². The van der Waals surface area contributed by atoms with Crippen LogP contribution in [-0.4, -0.2) is 9.97 Å². The molecule has 0 aliphatic rings. The number of aromatic nitrogens is 2. The van der Waals surface area contributed by atoms with E-state index in [1.165, 1.54) is 0 Å². The lowest BCUT2D eigenvalue weighted by molar-refractivity contribution is 1.00. The van der Waals surface area contributed by atoms with Gasteiger partial charge in [-0.15, -0.1) is 0 Å². The van der Waals surface area contributed by atoms with E-state index in [4.69, 9.17) is 16.9 Å². The van der Waals surface area contributed by atoms with E-state index in [0.29, 0.717) is 21.7 Å². The van der Waals surface area contributed by atoms with Gasteiger partial charge >= 0.3 is 0 Å². The van der Waals surface area contributed by atoms with Crippen molar-refractivity contribution in [2.24, 2.45) is 0 Å². The Kier molecular flexibility index (Phi) is 2.40. The quantitative estimate of drug-likeness (QED) is 0.793. The molecule has 15 heavy (non-hydrogen) atoms. The highest BCUT2D eigenvalue weighted by molar-refractivity contribution is 6.31. The molecule has 0 amide bonds. The Morgan fingerprint density at radius 3 is 3.07 bits per heavy atom. The highest BCUT2D eigenvalue weighted by Crippen LogP contribution is 2.14. The molecule has 0 bridgehead atoms. The van der Waals surface area contributed by atoms with Gasteiger partial charge in [-0.1, -0.05) is 11.6 Å². The van der Waals surface area contributed by atoms with Crippen molar-refractivity contribution in [1.82, 2.24) is 9.97 Å². The van der Waals surface area contributed by atoms with E-state index in [2.05, 4.69) is 9.97 Å². The zero-order valence-electron chi connectivity index (χ0n) is 7.62. The van der Waals surface area contributed by atoms with Crippen LogP contribution < -0.4 is 5.56 Å². The maximum absolute atomic E-state index is 11.5. The largest absolute Gasteiger partial charge is 0.309 e. The van der Waals surface area contributed by atoms with Crippen LogP contribution in [0.4, 0.5) is 0 Å². The van der Waals surface area contributed by atoms with Crippen LogP contribution >= 0.6 is 11.6 Å². The second kappa shape index (κ2) is 3.71. The fourth-order valence-corrected chi connectivity index (χ4v) is 1.49. The molecule has 0 spiro atoms. The Bertz CT molecular complexity index is 612. The summed E-state index contributed by atoms with van der Waals surface area (Å²) in [6, 6.07) is 6.77. The average Bonchev–Trinajstić information content (AvgIpc) is 2.17. The fraction of sp³-hybridized carbons (Fsp3) is 0.100. The Labute approximate surface area is 90.1 Å². The summed E-state index contributed by atoms with van der Waals surface area (Å²) in [5, 5.41) is 9.49. The fourth-order valence-electron chi connectivity index (χ4n) is 1.32. The van der Waals surface area contributed by atoms with Gasteiger partial charge in [0.25, 0.3) is 5.56 Å². The Hall–Kier alpha value is -1.86. The van der Waals surface area contributed by atoms with Gasteiger partial charge in [-0.05, 0) is 18.2 Å². The van der Waals surface area contributed by atoms with Gasteiger partial charge in [-0.3, -0.25) is 4.79 Å². The van der Waals surface area contributed by atoms with Gasteiger partial charge in [-0.2, -0.15) is 5.26 Å². The number of fused-ring (bicyclic) bond motifs is 1. The molecule has 0 radical (unpaired) electrons. The summed E-state index contributed by atoms with van der Waals surface area (Å²) in [4.78, 5) is 18.2. The number of nitrogens with one attached hydrogen (secondary N) is 1. The molecule has 1 aromatic heterocycles. The zero-order chi connectivity index (χ0) is 10.8. The Morgan fingerprint density at radius 2 is 2.33 bits per heavy atom. The Balaban J connectivity index is 2.75. The first-order valence-corrected chi connectivity index (χ1v) is 4.64. The minimum atomic E-state index is -0.248. The van der Waals surface area contributed by atoms with Gasteiger partial charge < -0.3 is 4.98 Å². The van der Waals surface area contributed by atoms with Crippen LogP contribution in [0.5, 0.6) is 0 Å². The molecule has 4 nitrogen and oxygen atoms in total. The summed E-state index contributed by atoms with van der Waals surface area (Å²) < 4.78 is 0. The molecule has 74 valence electrons. The van der Waals surface area contributed by atoms with Crippen LogP contribution in [-0.2, 0) is 6.42 Å². The smallest absolute Gasteiger partial charge is 0.258 e. The third-order valence-electron chi connectivity index (χ3n) is 1.96. The van der Waals surface area contributed by atoms with Crippen molar-refractivity contribution in [3.8, 4) is 6.07 Å². The first-order chi connectivity index (χ1) is 7.20. The van der Waals surface area contributed by atoms with Crippen molar-refractivity contribution in [2.75, 3.05) is 0 Å². The first kappa shape index (κ1) is 9.69. The highest BCUT2D eigenvalue weighted by atomic mass is 35.5. The predicted molar refractivity (Wildman–Crippen MR) is 56.7 cm³/mol. The molecule has 1 N–H and O–H groups in total. The maximum Gasteiger partial charge on any atom is 0.258 e. The molecule has 0 aliphatic heterocycles. The second-order valence-corrected chi connectivity index (χ2v) is 3.45. The van der Waals surface area contributed by atoms with Gasteiger partial charge in [0, 0.05) is 5.02 Å². The van der Waals surface area contributed by atoms with E-state index in [-0.39, 0.29) is 12.0 Å². The van der Waals surface area contributed by atoms with Crippen LogP contribution in [0.1, 0.15) is 5.82 Å². The average molecular weight is 220 g/mol. The molecule has 5 heteroatoms. The van der Waals surface area contributed by atoms with E-state index in [1.54, 1.807) is 18.2 Å². The number of nitrogens with zero attached hydrogens (tertiary/aromatic N) is 2. The van der Waals surface area contributed by atoms with Gasteiger partial charge in [0.15, 0.2) is 0 Å². The van der Waals surface area contributed by atoms with Crippen LogP contribution in [0, 0.1) is 11.3 Å². The molecule has 0 aliphatic carbocycles. The summed E-state index contributed by atoms with van der Waals surface area (Å²) >= 11 is 5.78. The van der Waals surface area contributed by atoms with Crippen LogP contribution in [0.2, 0.25) is 5.02 Å². The number of benzene rings is 1. The van der Waals surface area contributed by atoms with Gasteiger partial charge in [0.05, 0.1) is 23.4 Å². The van der Waals surface area contributed by atoms with E-state index >= 15 is 0 Å². The van der Waals surface area contributed by atoms with E-state index in [1.807, 2.05) is 6.07 Å². The predicted octanol–water partition coefficient (Wildman–Crippen LogP) is 1.64. The van der Waals surface area contributed by atoms with Gasteiger partial charge in [0.2, 0.25) is 0 Å². The number of hydrogen-bond donors (Lipinski definition) is 1. The number of aromatic amines is 1. The van der Waals surface area contributed by atoms with Crippen molar-refractivity contribution >= 4 is 22.5 Å². The molecule has 0 unspecified atom stereocenters. The molecule has 1 aromatic carbocycles. The Morgan fingerprint density at radius 1 is 1.53 bits per heavy atom.